The summed E-state index contributed by atoms with van der Waals surface area (Å²) < 4.78 is 15.3. The second-order valence-electron chi connectivity index (χ2n) is 12.3. The molecule has 4 aromatic rings. The second kappa shape index (κ2) is 10.4. The van der Waals surface area contributed by atoms with Crippen molar-refractivity contribution in [1.82, 2.24) is 24.8 Å². The van der Waals surface area contributed by atoms with Gasteiger partial charge in [-0.2, -0.15) is 0 Å². The highest BCUT2D eigenvalue weighted by Crippen LogP contribution is 2.48. The van der Waals surface area contributed by atoms with Gasteiger partial charge < -0.3 is 29.6 Å². The Morgan fingerprint density at radius 3 is 2.67 bits per heavy atom. The van der Waals surface area contributed by atoms with Gasteiger partial charge >= 0.3 is 0 Å². The smallest absolute Gasteiger partial charge is 0.163 e. The van der Waals surface area contributed by atoms with Gasteiger partial charge in [0.1, 0.15) is 23.9 Å². The summed E-state index contributed by atoms with van der Waals surface area (Å²) in [5, 5.41) is 10.6. The highest BCUT2D eigenvalue weighted by molar-refractivity contribution is 5.87. The summed E-state index contributed by atoms with van der Waals surface area (Å²) in [5.41, 5.74) is 2.36. The van der Waals surface area contributed by atoms with Crippen LogP contribution in [-0.4, -0.2) is 77.2 Å². The van der Waals surface area contributed by atoms with Crippen molar-refractivity contribution in [2.75, 3.05) is 45.1 Å². The van der Waals surface area contributed by atoms with Crippen LogP contribution in [0.1, 0.15) is 31.9 Å². The fourth-order valence-corrected chi connectivity index (χ4v) is 7.17. The van der Waals surface area contributed by atoms with Gasteiger partial charge in [-0.1, -0.05) is 42.5 Å². The third kappa shape index (κ3) is 4.87. The van der Waals surface area contributed by atoms with E-state index < -0.39 is 5.79 Å². The van der Waals surface area contributed by atoms with Crippen molar-refractivity contribution in [3.8, 4) is 0 Å². The molecular weight excluding hydrogens is 500 g/mol. The van der Waals surface area contributed by atoms with E-state index >= 15 is 0 Å². The van der Waals surface area contributed by atoms with Crippen molar-refractivity contribution in [2.24, 2.45) is 11.8 Å². The van der Waals surface area contributed by atoms with E-state index in [2.05, 4.69) is 84.8 Å². The minimum Gasteiger partial charge on any atom is -0.372 e. The van der Waals surface area contributed by atoms with Crippen LogP contribution >= 0.6 is 0 Å². The number of anilines is 1. The number of rotatable bonds is 9. The Balaban J connectivity index is 0.933. The zero-order chi connectivity index (χ0) is 27.3. The Labute approximate surface area is 236 Å². The highest BCUT2D eigenvalue weighted by Gasteiger charge is 2.55. The monoisotopic (exact) mass is 540 g/mol. The fraction of sp³-hybridized carbons (Fsp3) is 0.500. The first kappa shape index (κ1) is 25.9. The summed E-state index contributed by atoms with van der Waals surface area (Å²) >= 11 is 0. The lowest BCUT2D eigenvalue weighted by atomic mass is 9.96. The van der Waals surface area contributed by atoms with Gasteiger partial charge in [0, 0.05) is 45.3 Å². The number of hydrogen-bond acceptors (Lipinski definition) is 7. The number of nitrogens with zero attached hydrogens (tertiary/aromatic N) is 4. The van der Waals surface area contributed by atoms with E-state index in [4.69, 9.17) is 9.47 Å². The predicted octanol–water partition coefficient (Wildman–Crippen LogP) is 4.47. The molecule has 1 aliphatic carbocycles. The van der Waals surface area contributed by atoms with Gasteiger partial charge in [0.25, 0.3) is 0 Å². The average Bonchev–Trinajstić information content (AvgIpc) is 3.60. The summed E-state index contributed by atoms with van der Waals surface area (Å²) in [6.07, 6.45) is 6.00. The molecule has 8 heteroatoms. The number of aromatic nitrogens is 3. The molecule has 3 fully saturated rings. The number of fused-ring (bicyclic) bond motifs is 3. The Kier molecular flexibility index (Phi) is 6.74. The first-order valence-electron chi connectivity index (χ1n) is 14.7. The van der Waals surface area contributed by atoms with Crippen LogP contribution in [0.25, 0.3) is 21.8 Å². The maximum atomic E-state index is 6.50. The molecule has 2 aromatic carbocycles. The quantitative estimate of drug-likeness (QED) is 0.303. The summed E-state index contributed by atoms with van der Waals surface area (Å²) in [7, 11) is 1.90. The summed E-state index contributed by atoms with van der Waals surface area (Å²) in [5.74, 6) is 1.44. The third-order valence-corrected chi connectivity index (χ3v) is 9.02. The van der Waals surface area contributed by atoms with Crippen molar-refractivity contribution >= 4 is 27.6 Å². The van der Waals surface area contributed by atoms with Crippen LogP contribution in [0.15, 0.2) is 61.1 Å². The molecule has 210 valence electrons. The number of ether oxygens (including phenoxy) is 2. The maximum absolute atomic E-state index is 6.50. The summed E-state index contributed by atoms with van der Waals surface area (Å²) in [4.78, 5) is 11.6. The number of likely N-dealkylation sites (tertiary alicyclic amines) is 1. The van der Waals surface area contributed by atoms with Gasteiger partial charge in [-0.3, -0.25) is 0 Å². The Morgan fingerprint density at radius 2 is 1.82 bits per heavy atom. The van der Waals surface area contributed by atoms with Gasteiger partial charge in [-0.05, 0) is 61.6 Å². The molecule has 2 saturated heterocycles. The van der Waals surface area contributed by atoms with Crippen molar-refractivity contribution in [2.45, 2.75) is 50.7 Å². The first-order chi connectivity index (χ1) is 19.5. The highest BCUT2D eigenvalue weighted by atomic mass is 16.8. The SMILES string of the molecule is CNc1ncnc2c1ccn2[C@@H]1C[C@H](CN2CC(CNCCc3ccc4ccccc4c3)C2)[C@H]2OC(C)(C)O[C@H]21. The van der Waals surface area contributed by atoms with Crippen LogP contribution in [-0.2, 0) is 15.9 Å². The Bertz CT molecular complexity index is 1500. The van der Waals surface area contributed by atoms with Crippen LogP contribution in [0.2, 0.25) is 0 Å². The molecule has 0 radical (unpaired) electrons. The first-order valence-corrected chi connectivity index (χ1v) is 14.7. The van der Waals surface area contributed by atoms with Crippen LogP contribution in [0.4, 0.5) is 5.82 Å². The topological polar surface area (TPSA) is 76.5 Å². The largest absolute Gasteiger partial charge is 0.372 e. The van der Waals surface area contributed by atoms with E-state index in [0.717, 1.165) is 62.4 Å². The number of hydrogen-bond donors (Lipinski definition) is 2. The molecule has 0 bridgehead atoms. The van der Waals surface area contributed by atoms with Crippen molar-refractivity contribution in [3.05, 3.63) is 66.6 Å². The zero-order valence-electron chi connectivity index (χ0n) is 23.7. The lowest BCUT2D eigenvalue weighted by molar-refractivity contribution is -0.161. The molecule has 2 aliphatic heterocycles. The number of nitrogens with one attached hydrogen (secondary N) is 2. The van der Waals surface area contributed by atoms with Crippen LogP contribution in [0.5, 0.6) is 0 Å². The maximum Gasteiger partial charge on any atom is 0.163 e. The standard InChI is InChI=1S/C32H40N6O2/c1-32(2)39-28-25(15-27(29(28)40-32)38-13-11-26-30(33-3)35-20-36-31(26)38)19-37-17-22(18-37)16-34-12-10-21-8-9-23-6-4-5-7-24(23)14-21/h4-9,11,13-14,20,22,25,27-29,34H,10,12,15-19H2,1-3H3,(H,33,35,36)/t25-,27-,28-,29+/m1/s1. The van der Waals surface area contributed by atoms with Gasteiger partial charge in [0.15, 0.2) is 5.79 Å². The van der Waals surface area contributed by atoms with E-state index in [-0.39, 0.29) is 18.2 Å². The van der Waals surface area contributed by atoms with E-state index in [1.807, 2.05) is 20.9 Å². The average molecular weight is 541 g/mol. The molecule has 4 heterocycles. The van der Waals surface area contributed by atoms with E-state index in [0.29, 0.717) is 11.8 Å². The van der Waals surface area contributed by atoms with Gasteiger partial charge in [0.05, 0.1) is 17.5 Å². The molecule has 40 heavy (non-hydrogen) atoms. The molecule has 3 aliphatic rings. The van der Waals surface area contributed by atoms with Crippen LogP contribution in [0, 0.1) is 11.8 Å². The third-order valence-electron chi connectivity index (χ3n) is 9.02. The van der Waals surface area contributed by atoms with Crippen LogP contribution < -0.4 is 10.6 Å². The van der Waals surface area contributed by atoms with Gasteiger partial charge in [-0.15, -0.1) is 0 Å². The van der Waals surface area contributed by atoms with E-state index in [1.54, 1.807) is 6.33 Å². The molecule has 7 rings (SSSR count). The minimum atomic E-state index is -0.563. The fourth-order valence-electron chi connectivity index (χ4n) is 7.17. The molecule has 2 aromatic heterocycles. The zero-order valence-corrected chi connectivity index (χ0v) is 23.7. The molecule has 2 N–H and O–H groups in total. The molecule has 0 unspecified atom stereocenters. The van der Waals surface area contributed by atoms with Crippen molar-refractivity contribution in [1.29, 1.82) is 0 Å². The van der Waals surface area contributed by atoms with E-state index in [1.165, 1.54) is 16.3 Å². The van der Waals surface area contributed by atoms with Crippen molar-refractivity contribution in [3.63, 3.8) is 0 Å². The predicted molar refractivity (Wildman–Crippen MR) is 158 cm³/mol. The molecular formula is C32H40N6O2. The Hall–Kier alpha value is -3.04. The molecule has 0 amide bonds. The number of benzene rings is 2. The normalized spacial score (nSPS) is 26.4. The van der Waals surface area contributed by atoms with Crippen LogP contribution in [0.3, 0.4) is 0 Å². The van der Waals surface area contributed by atoms with Gasteiger partial charge in [0.2, 0.25) is 0 Å². The Morgan fingerprint density at radius 1 is 1.00 bits per heavy atom. The lowest BCUT2D eigenvalue weighted by Gasteiger charge is -2.41. The molecule has 4 atom stereocenters. The lowest BCUT2D eigenvalue weighted by Crippen LogP contribution is -2.53. The van der Waals surface area contributed by atoms with Crippen molar-refractivity contribution < 1.29 is 9.47 Å². The molecule has 1 saturated carbocycles. The second-order valence-corrected chi connectivity index (χ2v) is 12.3. The summed E-state index contributed by atoms with van der Waals surface area (Å²) in [6.45, 7) is 9.54. The molecule has 0 spiro atoms. The summed E-state index contributed by atoms with van der Waals surface area (Å²) in [6, 6.07) is 17.7. The van der Waals surface area contributed by atoms with E-state index in [9.17, 15) is 0 Å². The molecule has 8 nitrogen and oxygen atoms in total. The van der Waals surface area contributed by atoms with Gasteiger partial charge in [-0.25, -0.2) is 9.97 Å². The minimum absolute atomic E-state index is 0.0254.